The number of hydrogen-bond donors (Lipinski definition) is 4. The summed E-state index contributed by atoms with van der Waals surface area (Å²) in [6.45, 7) is 63.7. The van der Waals surface area contributed by atoms with E-state index in [2.05, 4.69) is 176 Å². The van der Waals surface area contributed by atoms with Crippen LogP contribution >= 0.6 is 22.6 Å². The van der Waals surface area contributed by atoms with E-state index >= 15 is 0 Å². The summed E-state index contributed by atoms with van der Waals surface area (Å²) >= 11 is -0.290. The molecule has 0 aliphatic heterocycles. The Bertz CT molecular complexity index is 4010. The second-order valence-electron chi connectivity index (χ2n) is 36.5. The van der Waals surface area contributed by atoms with Crippen molar-refractivity contribution in [2.75, 3.05) is 41.2 Å². The molecular weight excluding hydrogens is 1770 g/mol. The molecule has 18 nitrogen and oxygen atoms in total. The zero-order chi connectivity index (χ0) is 92.6. The van der Waals surface area contributed by atoms with Gasteiger partial charge in [-0.2, -0.15) is 0 Å². The second kappa shape index (κ2) is 56.8. The Morgan fingerprint density at radius 1 is 0.438 bits per heavy atom. The maximum Gasteiger partial charge on any atom is 0.329 e. The van der Waals surface area contributed by atoms with Crippen LogP contribution in [0.4, 0.5) is 0 Å². The topological polar surface area (TPSA) is 233 Å². The average Bonchev–Trinajstić information content (AvgIpc) is 0.811. The molecule has 0 unspecified atom stereocenters. The summed E-state index contributed by atoms with van der Waals surface area (Å²) in [7, 11) is 0.989. The molecule has 0 radical (unpaired) electrons. The third-order valence-corrected chi connectivity index (χ3v) is 43.5. The standard InChI is InChI=1S/C31H47NO5Si.C25H33NO5.C18H27IO2Si.C13H20NO3.3C4H9.Sn/c1-12-13-20-36-29(34)28(30(3,4)5)32-27(33)17-15-14-16-23(2)21-24-18-19-25(26(22-24)35-9)37-38(10,11)31(6,7)8;1-7-8-15-31-24(29)23(25(3,4)5)26-22(28)12-10-9-11-18(2)16-19-13-14-20(27)21(17-19)30-6;1-14(10-11-19)12-15-8-9-16(17(13-15)20-5)21-22(6,7)18(2,3)4;1-6-8-9-17-12(16)11(13(3,4)5)14-10(15)7-2;3*1-3-4-2;/h12,14-19,21-22,28H,1,13,20H2,2-11H3,(H,32,33);7,9-14,16-17,23,27H,1,8,15H2,2-6H3,(H,26,28);8-13H,1-7H3;2,6-7,11H,1,8-9H2,3-5H3,(H,14,15);3*1,3-4H2,2H3;/b16-14-,17-15-,23-21+;11-9-,12-10-,18-16+;11-10-,14-12+;;;;;/t28-;23-;;11-;;;;/m11.1..../s1. The molecule has 674 valence electrons. The minimum atomic E-state index is -2.52. The zero-order valence-corrected chi connectivity index (χ0v) is 86.1. The van der Waals surface area contributed by atoms with Crippen LogP contribution in [0.1, 0.15) is 220 Å². The monoisotopic (exact) mass is 1930 g/mol. The molecule has 0 aromatic heterocycles. The molecule has 3 aromatic rings. The van der Waals surface area contributed by atoms with E-state index in [4.69, 9.17) is 37.3 Å². The fourth-order valence-corrected chi connectivity index (χ4v) is 27.7. The minimum Gasteiger partial charge on any atom is -0.541 e. The van der Waals surface area contributed by atoms with Gasteiger partial charge in [0.25, 0.3) is 16.6 Å². The minimum absolute atomic E-state index is 0.0833. The van der Waals surface area contributed by atoms with Crippen LogP contribution in [0, 0.1) is 16.2 Å². The van der Waals surface area contributed by atoms with Crippen molar-refractivity contribution in [3.8, 4) is 34.5 Å². The van der Waals surface area contributed by atoms with Crippen molar-refractivity contribution < 1.29 is 71.1 Å². The van der Waals surface area contributed by atoms with Crippen LogP contribution in [0.2, 0.25) is 49.6 Å². The van der Waals surface area contributed by atoms with E-state index in [0.29, 0.717) is 37.4 Å². The Balaban J connectivity index is 0.00000161. The predicted octanol–water partition coefficient (Wildman–Crippen LogP) is 24.8. The summed E-state index contributed by atoms with van der Waals surface area (Å²) in [4.78, 5) is 74.8. The fourth-order valence-electron chi connectivity index (χ4n) is 11.0. The second-order valence-corrected chi connectivity index (χ2v) is 59.7. The number of aromatic hydroxyl groups is 1. The number of benzene rings is 3. The van der Waals surface area contributed by atoms with Gasteiger partial charge in [0.05, 0.1) is 34.5 Å². The fraction of sp³-hybridized carbons (Fsp3) is 0.515. The van der Waals surface area contributed by atoms with Crippen molar-refractivity contribution in [2.45, 2.75) is 271 Å². The van der Waals surface area contributed by atoms with Crippen LogP contribution in [0.15, 0.2) is 178 Å². The van der Waals surface area contributed by atoms with Crippen molar-refractivity contribution in [3.05, 3.63) is 195 Å². The van der Waals surface area contributed by atoms with Crippen LogP contribution in [-0.2, 0) is 43.0 Å². The van der Waals surface area contributed by atoms with Crippen molar-refractivity contribution in [1.29, 1.82) is 0 Å². The number of hydrogen-bond acceptors (Lipinski definition) is 15. The van der Waals surface area contributed by atoms with Crippen molar-refractivity contribution >= 4 is 111 Å². The van der Waals surface area contributed by atoms with Crippen LogP contribution < -0.4 is 39.0 Å². The Morgan fingerprint density at radius 2 is 0.727 bits per heavy atom. The van der Waals surface area contributed by atoms with E-state index in [9.17, 15) is 33.9 Å². The predicted molar refractivity (Wildman–Crippen MR) is 522 cm³/mol. The smallest absolute Gasteiger partial charge is 0.329 e. The van der Waals surface area contributed by atoms with Gasteiger partial charge in [0.2, 0.25) is 11.8 Å². The van der Waals surface area contributed by atoms with Gasteiger partial charge in [0.15, 0.2) is 23.0 Å². The van der Waals surface area contributed by atoms with Crippen LogP contribution in [0.25, 0.3) is 18.2 Å². The summed E-state index contributed by atoms with van der Waals surface area (Å²) in [6.07, 6.45) is 37.4. The number of phenolic OH excluding ortho intramolecular Hbond substituents is 1. The van der Waals surface area contributed by atoms with E-state index in [1.807, 2.05) is 135 Å². The molecule has 0 spiro atoms. The first-order valence-electron chi connectivity index (χ1n) is 42.4. The number of methoxy groups -OCH3 is 3. The molecule has 0 heterocycles. The molecule has 3 rings (SSSR count). The normalized spacial score (nSPS) is 13.5. The van der Waals surface area contributed by atoms with Gasteiger partial charge in [-0.3, -0.25) is 9.59 Å². The molecule has 0 bridgehead atoms. The number of amides is 3. The molecule has 4 N–H and O–H groups in total. The molecule has 3 amide bonds. The number of phenols is 1. The Hall–Kier alpha value is -7.88. The molecule has 121 heavy (non-hydrogen) atoms. The molecule has 22 heteroatoms. The van der Waals surface area contributed by atoms with Gasteiger partial charge in [0.1, 0.15) is 23.6 Å². The largest absolute Gasteiger partial charge is 0.541 e. The van der Waals surface area contributed by atoms with Gasteiger partial charge in [-0.25, -0.2) is 9.59 Å². The number of rotatable bonds is 43. The number of carbonyl (C=O) groups excluding carboxylic acids is 6. The van der Waals surface area contributed by atoms with Crippen molar-refractivity contribution in [1.82, 2.24) is 16.0 Å². The molecule has 3 aromatic carbocycles. The third kappa shape index (κ3) is 45.9. The number of unbranched alkanes of at least 4 members (excludes halogenated alkanes) is 3. The molecule has 0 saturated carbocycles. The van der Waals surface area contributed by atoms with E-state index in [1.165, 1.54) is 76.7 Å². The number of nitrogens with one attached hydrogen (secondary N) is 3. The quantitative estimate of drug-likeness (QED) is 0.00603. The molecular formula is C99H154IN3O15Si2Sn. The van der Waals surface area contributed by atoms with Crippen molar-refractivity contribution in [3.63, 3.8) is 0 Å². The number of ether oxygens (including phenoxy) is 6. The summed E-state index contributed by atoms with van der Waals surface area (Å²) < 4.78 is 53.2. The molecule has 0 aliphatic carbocycles. The number of carbonyl (C=O) groups is 6. The molecule has 0 fully saturated rings. The van der Waals surface area contributed by atoms with Gasteiger partial charge in [0, 0.05) is 12.2 Å². The number of halogens is 1. The van der Waals surface area contributed by atoms with Gasteiger partial charge in [-0.05, 0) is 138 Å². The van der Waals surface area contributed by atoms with E-state index in [0.717, 1.165) is 45.1 Å². The molecule has 0 aliphatic rings. The van der Waals surface area contributed by atoms with Gasteiger partial charge >= 0.3 is 203 Å². The van der Waals surface area contributed by atoms with Gasteiger partial charge in [-0.15, -0.1) is 13.2 Å². The number of esters is 3. The first kappa shape index (κ1) is 113. The first-order valence-corrected chi connectivity index (χ1v) is 57.2. The van der Waals surface area contributed by atoms with E-state index in [-0.39, 0.29) is 52.7 Å². The van der Waals surface area contributed by atoms with Crippen LogP contribution in [0.3, 0.4) is 0 Å². The molecule has 3 atom stereocenters. The summed E-state index contributed by atoms with van der Waals surface area (Å²) in [5, 5.41) is 18.3. The average molecular weight is 1930 g/mol. The molecule has 0 saturated heterocycles. The van der Waals surface area contributed by atoms with E-state index < -0.39 is 81.3 Å². The van der Waals surface area contributed by atoms with Gasteiger partial charge < -0.3 is 48.3 Å². The SMILES string of the molecule is C=CCCOC(=O)[C@@H](NC(=O)/C=[CH]\[Sn]([CH2]CCC)([CH2]CCC)[CH2]CCC)C(C)(C)C.C=CCCOC(=O)[C@@H](NC(=O)\C=C/C=C\C(C)=C\c1ccc(O)c(OC)c1)C(C)(C)C.C=CCCOC(=O)[C@@H](NC(=O)\C=C/C=C\C(C)=C\c1ccc(O[Si](C)(C)C(C)(C)C)c(OC)c1)C(C)(C)C.COc1cc(/C=C(C)/C=C\I)ccc1O[Si](C)(C)C(C)(C)C. The third-order valence-electron chi connectivity index (χ3n) is 20.4. The van der Waals surface area contributed by atoms with Crippen molar-refractivity contribution in [2.24, 2.45) is 16.2 Å². The maximum absolute atomic E-state index is 12.8. The van der Waals surface area contributed by atoms with Crippen LogP contribution in [-0.4, -0.2) is 135 Å². The summed E-state index contributed by atoms with van der Waals surface area (Å²) in [5.74, 6) is 1.39. The maximum atomic E-state index is 12.8. The Kier molecular flexibility index (Phi) is 53.1. The Labute approximate surface area is 750 Å². The zero-order valence-electron chi connectivity index (χ0n) is 79.1. The summed E-state index contributed by atoms with van der Waals surface area (Å²) in [6, 6.07) is 15.0. The van der Waals surface area contributed by atoms with Gasteiger partial charge in [-0.1, -0.05) is 214 Å². The van der Waals surface area contributed by atoms with Crippen LogP contribution in [0.5, 0.6) is 34.5 Å². The Morgan fingerprint density at radius 3 is 1.01 bits per heavy atom. The van der Waals surface area contributed by atoms with E-state index in [1.54, 1.807) is 81.0 Å². The summed E-state index contributed by atoms with van der Waals surface area (Å²) in [5.41, 5.74) is 4.72. The number of allylic oxidation sites excluding steroid dienone is 10. The first-order chi connectivity index (χ1) is 56.3.